The molecule has 37 heavy (non-hydrogen) atoms. The molecule has 2 heterocycles. The molecule has 1 saturated heterocycles. The summed E-state index contributed by atoms with van der Waals surface area (Å²) in [5, 5.41) is 11.3. The molecule has 4 aromatic rings. The summed E-state index contributed by atoms with van der Waals surface area (Å²) in [6.45, 7) is 7.80. The zero-order valence-corrected chi connectivity index (χ0v) is 22.3. The molecule has 0 saturated carbocycles. The van der Waals surface area contributed by atoms with Crippen LogP contribution in [0, 0.1) is 0 Å². The van der Waals surface area contributed by atoms with Crippen molar-refractivity contribution in [3.8, 4) is 11.1 Å². The van der Waals surface area contributed by atoms with Crippen LogP contribution in [0.25, 0.3) is 22.0 Å². The van der Waals surface area contributed by atoms with Crippen molar-refractivity contribution in [3.05, 3.63) is 89.6 Å². The van der Waals surface area contributed by atoms with E-state index in [2.05, 4.69) is 37.8 Å². The van der Waals surface area contributed by atoms with Crippen LogP contribution in [0.4, 0.5) is 5.69 Å². The summed E-state index contributed by atoms with van der Waals surface area (Å²) >= 11 is 0. The van der Waals surface area contributed by atoms with Gasteiger partial charge in [0, 0.05) is 41.8 Å². The first-order chi connectivity index (χ1) is 17.5. The largest absolute Gasteiger partial charge is 0.477 e. The summed E-state index contributed by atoms with van der Waals surface area (Å²) in [7, 11) is -2.97. The van der Waals surface area contributed by atoms with E-state index < -0.39 is 15.8 Å². The van der Waals surface area contributed by atoms with Crippen molar-refractivity contribution in [2.45, 2.75) is 32.7 Å². The Labute approximate surface area is 218 Å². The molecule has 3 aromatic carbocycles. The monoisotopic (exact) mass is 516 g/mol. The standard InChI is InChI=1S/C30H32N2O4S/c1-30(2,3)23-13-11-22(12-14-23)27-25-9-4-5-10-26(25)32(28(27)29(33)34)20-21-7-6-8-24(19-21)31-15-17-37(35,36)18-16-31/h4-14,19H,15-18,20H2,1-3H3,(H,33,34). The third-order valence-electron chi connectivity index (χ3n) is 7.17. The molecule has 7 heteroatoms. The number of carboxylic acid groups (broad SMARTS) is 1. The fourth-order valence-corrected chi connectivity index (χ4v) is 6.33. The number of aromatic carboxylic acids is 1. The van der Waals surface area contributed by atoms with E-state index in [-0.39, 0.29) is 22.6 Å². The van der Waals surface area contributed by atoms with Gasteiger partial charge >= 0.3 is 5.97 Å². The number of sulfone groups is 1. The second-order valence-corrected chi connectivity index (χ2v) is 13.1. The number of para-hydroxylation sites is 1. The van der Waals surface area contributed by atoms with Crippen LogP contribution in [-0.4, -0.2) is 48.7 Å². The third kappa shape index (κ3) is 5.01. The summed E-state index contributed by atoms with van der Waals surface area (Å²) in [6.07, 6.45) is 0. The molecule has 1 aliphatic heterocycles. The molecule has 0 radical (unpaired) electrons. The molecular formula is C30H32N2O4S. The molecule has 1 aromatic heterocycles. The lowest BCUT2D eigenvalue weighted by molar-refractivity contribution is 0.0687. The summed E-state index contributed by atoms with van der Waals surface area (Å²) in [5.74, 6) is -0.663. The second kappa shape index (κ2) is 9.38. The fourth-order valence-electron chi connectivity index (χ4n) is 5.12. The van der Waals surface area contributed by atoms with Crippen molar-refractivity contribution >= 4 is 32.4 Å². The van der Waals surface area contributed by atoms with Gasteiger partial charge in [-0.1, -0.05) is 75.4 Å². The molecule has 6 nitrogen and oxygen atoms in total. The Kier molecular flexibility index (Phi) is 6.36. The molecular weight excluding hydrogens is 484 g/mol. The van der Waals surface area contributed by atoms with Gasteiger partial charge in [-0.25, -0.2) is 13.2 Å². The van der Waals surface area contributed by atoms with Crippen LogP contribution >= 0.6 is 0 Å². The predicted molar refractivity (Wildman–Crippen MR) is 149 cm³/mol. The van der Waals surface area contributed by atoms with Gasteiger partial charge in [-0.3, -0.25) is 0 Å². The summed E-state index contributed by atoms with van der Waals surface area (Å²) < 4.78 is 25.6. The van der Waals surface area contributed by atoms with Gasteiger partial charge in [0.1, 0.15) is 5.69 Å². The van der Waals surface area contributed by atoms with Gasteiger partial charge in [0.25, 0.3) is 0 Å². The average molecular weight is 517 g/mol. The van der Waals surface area contributed by atoms with Gasteiger partial charge in [0.05, 0.1) is 11.5 Å². The Bertz CT molecular complexity index is 1560. The first kappa shape index (κ1) is 25.1. The summed E-state index contributed by atoms with van der Waals surface area (Å²) in [4.78, 5) is 14.8. The second-order valence-electron chi connectivity index (χ2n) is 10.8. The van der Waals surface area contributed by atoms with E-state index in [0.29, 0.717) is 19.6 Å². The number of anilines is 1. The maximum Gasteiger partial charge on any atom is 0.353 e. The van der Waals surface area contributed by atoms with Crippen molar-refractivity contribution in [1.82, 2.24) is 4.57 Å². The molecule has 192 valence electrons. The van der Waals surface area contributed by atoms with Gasteiger partial charge in [-0.05, 0) is 40.3 Å². The molecule has 1 aliphatic rings. The average Bonchev–Trinajstić information content (AvgIpc) is 3.18. The van der Waals surface area contributed by atoms with Crippen LogP contribution < -0.4 is 4.90 Å². The Balaban J connectivity index is 1.57. The zero-order valence-electron chi connectivity index (χ0n) is 21.4. The Morgan fingerprint density at radius 3 is 2.24 bits per heavy atom. The summed E-state index contributed by atoms with van der Waals surface area (Å²) in [6, 6.07) is 24.0. The predicted octanol–water partition coefficient (Wildman–Crippen LogP) is 5.59. The maximum atomic E-state index is 12.7. The van der Waals surface area contributed by atoms with E-state index in [1.807, 2.05) is 65.2 Å². The number of aromatic nitrogens is 1. The van der Waals surface area contributed by atoms with E-state index in [0.717, 1.165) is 33.3 Å². The van der Waals surface area contributed by atoms with E-state index in [1.165, 1.54) is 5.56 Å². The summed E-state index contributed by atoms with van der Waals surface area (Å²) in [5.41, 5.74) is 5.85. The van der Waals surface area contributed by atoms with Crippen LogP contribution in [0.5, 0.6) is 0 Å². The molecule has 0 bridgehead atoms. The lowest BCUT2D eigenvalue weighted by atomic mass is 9.86. The number of carbonyl (C=O) groups is 1. The minimum absolute atomic E-state index is 0.00567. The van der Waals surface area contributed by atoms with Crippen molar-refractivity contribution in [2.24, 2.45) is 0 Å². The van der Waals surface area contributed by atoms with Gasteiger partial charge in [-0.2, -0.15) is 0 Å². The molecule has 1 N–H and O–H groups in total. The van der Waals surface area contributed by atoms with E-state index in [4.69, 9.17) is 0 Å². The first-order valence-electron chi connectivity index (χ1n) is 12.5. The SMILES string of the molecule is CC(C)(C)c1ccc(-c2c(C(=O)O)n(Cc3cccc(N4CCS(=O)(=O)CC4)c3)c3ccccc23)cc1. The Morgan fingerprint density at radius 2 is 1.59 bits per heavy atom. The van der Waals surface area contributed by atoms with Gasteiger partial charge in [0.2, 0.25) is 0 Å². The minimum atomic E-state index is -2.97. The molecule has 0 unspecified atom stereocenters. The number of nitrogens with zero attached hydrogens (tertiary/aromatic N) is 2. The fraction of sp³-hybridized carbons (Fsp3) is 0.300. The van der Waals surface area contributed by atoms with Crippen molar-refractivity contribution in [1.29, 1.82) is 0 Å². The highest BCUT2D eigenvalue weighted by atomic mass is 32.2. The van der Waals surface area contributed by atoms with E-state index in [1.54, 1.807) is 0 Å². The van der Waals surface area contributed by atoms with Gasteiger partial charge in [-0.15, -0.1) is 0 Å². The minimum Gasteiger partial charge on any atom is -0.477 e. The van der Waals surface area contributed by atoms with Crippen molar-refractivity contribution < 1.29 is 18.3 Å². The van der Waals surface area contributed by atoms with Crippen LogP contribution in [0.1, 0.15) is 42.4 Å². The topological polar surface area (TPSA) is 79.6 Å². The number of carboxylic acids is 1. The Hall–Kier alpha value is -3.58. The number of hydrogen-bond acceptors (Lipinski definition) is 4. The highest BCUT2D eigenvalue weighted by molar-refractivity contribution is 7.91. The maximum absolute atomic E-state index is 12.7. The third-order valence-corrected chi connectivity index (χ3v) is 8.78. The lowest BCUT2D eigenvalue weighted by Crippen LogP contribution is -2.40. The molecule has 5 rings (SSSR count). The first-order valence-corrected chi connectivity index (χ1v) is 14.4. The smallest absolute Gasteiger partial charge is 0.353 e. The Morgan fingerprint density at radius 1 is 0.919 bits per heavy atom. The number of benzene rings is 3. The van der Waals surface area contributed by atoms with E-state index >= 15 is 0 Å². The van der Waals surface area contributed by atoms with Crippen molar-refractivity contribution in [2.75, 3.05) is 29.5 Å². The number of hydrogen-bond donors (Lipinski definition) is 1. The van der Waals surface area contributed by atoms with Crippen LogP contribution in [0.15, 0.2) is 72.8 Å². The van der Waals surface area contributed by atoms with Crippen LogP contribution in [-0.2, 0) is 21.8 Å². The zero-order chi connectivity index (χ0) is 26.4. The normalized spacial score (nSPS) is 15.7. The molecule has 1 fully saturated rings. The highest BCUT2D eigenvalue weighted by Gasteiger charge is 2.25. The van der Waals surface area contributed by atoms with Gasteiger partial charge < -0.3 is 14.6 Å². The lowest BCUT2D eigenvalue weighted by Gasteiger charge is -2.29. The van der Waals surface area contributed by atoms with Crippen LogP contribution in [0.2, 0.25) is 0 Å². The van der Waals surface area contributed by atoms with Crippen molar-refractivity contribution in [3.63, 3.8) is 0 Å². The molecule has 0 spiro atoms. The number of fused-ring (bicyclic) bond motifs is 1. The molecule has 0 aliphatic carbocycles. The van der Waals surface area contributed by atoms with Gasteiger partial charge in [0.15, 0.2) is 9.84 Å². The van der Waals surface area contributed by atoms with E-state index in [9.17, 15) is 18.3 Å². The highest BCUT2D eigenvalue weighted by Crippen LogP contribution is 2.37. The molecule has 0 amide bonds. The van der Waals surface area contributed by atoms with Crippen LogP contribution in [0.3, 0.4) is 0 Å². The quantitative estimate of drug-likeness (QED) is 0.374. The number of rotatable bonds is 5. The molecule has 0 atom stereocenters.